The van der Waals surface area contributed by atoms with Gasteiger partial charge in [0.05, 0.1) is 11.0 Å². The van der Waals surface area contributed by atoms with Crippen LogP contribution in [0.2, 0.25) is 0 Å². The van der Waals surface area contributed by atoms with Gasteiger partial charge in [-0.25, -0.2) is 4.98 Å². The van der Waals surface area contributed by atoms with Crippen molar-refractivity contribution in [1.29, 1.82) is 0 Å². The Morgan fingerprint density at radius 3 is 2.74 bits per heavy atom. The van der Waals surface area contributed by atoms with Crippen LogP contribution >= 0.6 is 0 Å². The molecule has 0 aliphatic heterocycles. The highest BCUT2D eigenvalue weighted by atomic mass is 16.1. The van der Waals surface area contributed by atoms with Crippen molar-refractivity contribution in [3.05, 3.63) is 70.5 Å². The Morgan fingerprint density at radius 1 is 1.00 bits per heavy atom. The van der Waals surface area contributed by atoms with Gasteiger partial charge in [-0.15, -0.1) is 0 Å². The molecule has 0 bridgehead atoms. The molecule has 2 heterocycles. The van der Waals surface area contributed by atoms with Gasteiger partial charge in [-0.3, -0.25) is 9.20 Å². The standard InChI is InChI=1S/C20H14N2O/c1-2-12-10-13-6-5-7-14-18(13)15(11-12)19-21-16-8-3-4-9-17(16)22(19)20(14)23/h3-11H,2H2,1H3. The number of benzene rings is 3. The third-order valence-corrected chi connectivity index (χ3v) is 4.68. The Hall–Kier alpha value is -2.94. The molecular formula is C20H14N2O. The van der Waals surface area contributed by atoms with Gasteiger partial charge < -0.3 is 0 Å². The summed E-state index contributed by atoms with van der Waals surface area (Å²) in [6.45, 7) is 2.15. The Bertz CT molecular complexity index is 1270. The molecule has 0 aliphatic carbocycles. The molecule has 2 aromatic heterocycles. The molecule has 0 radical (unpaired) electrons. The smallest absolute Gasteiger partial charge is 0.264 e. The van der Waals surface area contributed by atoms with Crippen LogP contribution in [0, 0.1) is 0 Å². The molecule has 5 aromatic rings. The van der Waals surface area contributed by atoms with Crippen LogP contribution in [0.25, 0.3) is 38.2 Å². The molecule has 0 atom stereocenters. The van der Waals surface area contributed by atoms with E-state index in [-0.39, 0.29) is 5.56 Å². The molecule has 3 aromatic carbocycles. The van der Waals surface area contributed by atoms with Crippen LogP contribution in [-0.2, 0) is 6.42 Å². The summed E-state index contributed by atoms with van der Waals surface area (Å²) in [5.41, 5.74) is 3.76. The molecule has 0 saturated heterocycles. The van der Waals surface area contributed by atoms with Crippen LogP contribution in [0.1, 0.15) is 12.5 Å². The molecule has 0 fully saturated rings. The zero-order valence-electron chi connectivity index (χ0n) is 12.7. The summed E-state index contributed by atoms with van der Waals surface area (Å²) in [7, 11) is 0. The van der Waals surface area contributed by atoms with E-state index in [1.165, 1.54) is 5.56 Å². The SMILES string of the molecule is CCc1cc2cccc3c(=O)n4c5ccccc5nc4c(c1)c23. The Kier molecular flexibility index (Phi) is 2.35. The molecule has 0 saturated carbocycles. The van der Waals surface area contributed by atoms with Crippen molar-refractivity contribution in [2.45, 2.75) is 13.3 Å². The second-order valence-electron chi connectivity index (χ2n) is 5.97. The lowest BCUT2D eigenvalue weighted by molar-refractivity contribution is 1.14. The van der Waals surface area contributed by atoms with Crippen LogP contribution in [0.3, 0.4) is 0 Å². The van der Waals surface area contributed by atoms with Gasteiger partial charge in [0.15, 0.2) is 0 Å². The number of aromatic nitrogens is 2. The van der Waals surface area contributed by atoms with Crippen LogP contribution in [-0.4, -0.2) is 9.38 Å². The van der Waals surface area contributed by atoms with E-state index >= 15 is 0 Å². The Balaban J connectivity index is 2.20. The van der Waals surface area contributed by atoms with Gasteiger partial charge in [0.25, 0.3) is 5.56 Å². The third-order valence-electron chi connectivity index (χ3n) is 4.68. The number of para-hydroxylation sites is 2. The summed E-state index contributed by atoms with van der Waals surface area (Å²) < 4.78 is 1.76. The number of rotatable bonds is 1. The van der Waals surface area contributed by atoms with Gasteiger partial charge >= 0.3 is 0 Å². The molecule has 0 amide bonds. The van der Waals surface area contributed by atoms with E-state index in [2.05, 4.69) is 25.1 Å². The fourth-order valence-electron chi connectivity index (χ4n) is 3.58. The van der Waals surface area contributed by atoms with Crippen molar-refractivity contribution in [2.24, 2.45) is 0 Å². The molecule has 0 unspecified atom stereocenters. The van der Waals surface area contributed by atoms with E-state index in [1.54, 1.807) is 4.40 Å². The minimum atomic E-state index is 0.0102. The zero-order chi connectivity index (χ0) is 15.6. The lowest BCUT2D eigenvalue weighted by Gasteiger charge is -2.09. The summed E-state index contributed by atoms with van der Waals surface area (Å²) in [6.07, 6.45) is 0.960. The van der Waals surface area contributed by atoms with E-state index in [1.807, 2.05) is 36.4 Å². The summed E-state index contributed by atoms with van der Waals surface area (Å²) in [4.78, 5) is 17.8. The van der Waals surface area contributed by atoms with Gasteiger partial charge in [0.2, 0.25) is 0 Å². The predicted octanol–water partition coefficient (Wildman–Crippen LogP) is 4.15. The summed E-state index contributed by atoms with van der Waals surface area (Å²) in [5, 5.41) is 3.96. The molecular weight excluding hydrogens is 284 g/mol. The fraction of sp³-hybridized carbons (Fsp3) is 0.100. The average molecular weight is 298 g/mol. The molecule has 3 heteroatoms. The number of hydrogen-bond donors (Lipinski definition) is 0. The van der Waals surface area contributed by atoms with Crippen molar-refractivity contribution >= 4 is 38.2 Å². The van der Waals surface area contributed by atoms with E-state index in [0.717, 1.165) is 44.6 Å². The van der Waals surface area contributed by atoms with Gasteiger partial charge in [-0.1, -0.05) is 37.3 Å². The normalized spacial score (nSPS) is 12.0. The first-order valence-corrected chi connectivity index (χ1v) is 7.86. The van der Waals surface area contributed by atoms with Crippen LogP contribution in [0.5, 0.6) is 0 Å². The second kappa shape index (κ2) is 4.29. The number of pyridine rings is 1. The molecule has 110 valence electrons. The maximum Gasteiger partial charge on any atom is 0.264 e. The van der Waals surface area contributed by atoms with E-state index < -0.39 is 0 Å². The van der Waals surface area contributed by atoms with Crippen molar-refractivity contribution in [1.82, 2.24) is 9.38 Å². The molecule has 5 rings (SSSR count). The predicted molar refractivity (Wildman–Crippen MR) is 94.5 cm³/mol. The quantitative estimate of drug-likeness (QED) is 0.466. The molecule has 0 spiro atoms. The van der Waals surface area contributed by atoms with Gasteiger partial charge in [-0.2, -0.15) is 0 Å². The first-order valence-electron chi connectivity index (χ1n) is 7.86. The second-order valence-corrected chi connectivity index (χ2v) is 5.97. The van der Waals surface area contributed by atoms with Crippen LogP contribution < -0.4 is 5.56 Å². The topological polar surface area (TPSA) is 34.4 Å². The number of hydrogen-bond acceptors (Lipinski definition) is 2. The summed E-state index contributed by atoms with van der Waals surface area (Å²) in [5.74, 6) is 0. The summed E-state index contributed by atoms with van der Waals surface area (Å²) >= 11 is 0. The Labute approximate surface area is 132 Å². The van der Waals surface area contributed by atoms with E-state index in [4.69, 9.17) is 4.98 Å². The lowest BCUT2D eigenvalue weighted by Crippen LogP contribution is -2.13. The van der Waals surface area contributed by atoms with Gasteiger partial charge in [0.1, 0.15) is 5.65 Å². The largest absolute Gasteiger partial charge is 0.268 e. The lowest BCUT2D eigenvalue weighted by atomic mass is 9.99. The fourth-order valence-corrected chi connectivity index (χ4v) is 3.58. The maximum absolute atomic E-state index is 13.0. The van der Waals surface area contributed by atoms with Crippen molar-refractivity contribution in [3.8, 4) is 0 Å². The van der Waals surface area contributed by atoms with Crippen LogP contribution in [0.4, 0.5) is 0 Å². The molecule has 23 heavy (non-hydrogen) atoms. The van der Waals surface area contributed by atoms with E-state index in [0.29, 0.717) is 0 Å². The number of nitrogens with zero attached hydrogens (tertiary/aromatic N) is 2. The first-order chi connectivity index (χ1) is 11.3. The highest BCUT2D eigenvalue weighted by molar-refractivity contribution is 6.15. The van der Waals surface area contributed by atoms with Crippen LogP contribution in [0.15, 0.2) is 59.4 Å². The Morgan fingerprint density at radius 2 is 1.87 bits per heavy atom. The van der Waals surface area contributed by atoms with E-state index in [9.17, 15) is 4.79 Å². The number of fused-ring (bicyclic) bond motifs is 4. The highest BCUT2D eigenvalue weighted by Gasteiger charge is 2.16. The first kappa shape index (κ1) is 12.6. The van der Waals surface area contributed by atoms with Gasteiger partial charge in [0, 0.05) is 16.2 Å². The minimum absolute atomic E-state index is 0.0102. The highest BCUT2D eigenvalue weighted by Crippen LogP contribution is 2.30. The van der Waals surface area contributed by atoms with Crippen molar-refractivity contribution < 1.29 is 0 Å². The molecule has 0 N–H and O–H groups in total. The zero-order valence-corrected chi connectivity index (χ0v) is 12.7. The summed E-state index contributed by atoms with van der Waals surface area (Å²) in [6, 6.07) is 18.1. The molecule has 3 nitrogen and oxygen atoms in total. The van der Waals surface area contributed by atoms with Crippen molar-refractivity contribution in [2.75, 3.05) is 0 Å². The third kappa shape index (κ3) is 1.54. The number of imidazole rings is 1. The number of aryl methyl sites for hydroxylation is 1. The average Bonchev–Trinajstić information content (AvgIpc) is 2.98. The van der Waals surface area contributed by atoms with Crippen molar-refractivity contribution in [3.63, 3.8) is 0 Å². The minimum Gasteiger partial charge on any atom is -0.268 e. The molecule has 0 aliphatic rings. The van der Waals surface area contributed by atoms with Gasteiger partial charge in [-0.05, 0) is 41.6 Å². The monoisotopic (exact) mass is 298 g/mol. The maximum atomic E-state index is 13.0.